The summed E-state index contributed by atoms with van der Waals surface area (Å²) in [6, 6.07) is 13.6. The van der Waals surface area contributed by atoms with Crippen LogP contribution in [0.5, 0.6) is 0 Å². The minimum Gasteiger partial charge on any atom is -0.444 e. The summed E-state index contributed by atoms with van der Waals surface area (Å²) in [7, 11) is 0. The van der Waals surface area contributed by atoms with Gasteiger partial charge >= 0.3 is 6.09 Å². The van der Waals surface area contributed by atoms with E-state index in [2.05, 4.69) is 95.2 Å². The number of aliphatic imine (C=N–C) groups is 1. The third-order valence-corrected chi connectivity index (χ3v) is 9.75. The number of nitrogens with one attached hydrogen (secondary N) is 2. The fourth-order valence-corrected chi connectivity index (χ4v) is 6.86. The van der Waals surface area contributed by atoms with Gasteiger partial charge in [0.25, 0.3) is 0 Å². The molecule has 2 heterocycles. The van der Waals surface area contributed by atoms with Gasteiger partial charge in [-0.05, 0) is 90.7 Å². The number of hydrogen-bond acceptors (Lipinski definition) is 4. The molecule has 2 aromatic carbocycles. The van der Waals surface area contributed by atoms with Crippen molar-refractivity contribution in [2.45, 2.75) is 119 Å². The van der Waals surface area contributed by atoms with Gasteiger partial charge in [-0.1, -0.05) is 84.9 Å². The number of benzene rings is 2. The molecule has 0 spiro atoms. The average molecular weight is 607 g/mol. The summed E-state index contributed by atoms with van der Waals surface area (Å²) in [5, 5.41) is 3.14. The van der Waals surface area contributed by atoms with E-state index in [1.54, 1.807) is 0 Å². The smallest absolute Gasteiger partial charge is 0.408 e. The van der Waals surface area contributed by atoms with Crippen LogP contribution in [-0.2, 0) is 24.0 Å². The van der Waals surface area contributed by atoms with Crippen LogP contribution in [-0.4, -0.2) is 33.4 Å². The molecule has 2 atom stereocenters. The van der Waals surface area contributed by atoms with E-state index in [1.807, 2.05) is 20.8 Å². The van der Waals surface area contributed by atoms with E-state index in [4.69, 9.17) is 14.7 Å². The SMILES string of the molecule is C[C@H](c1nc2c([nH]1)CCc1cc(-c3ccc4c(c3)CCC3=C4CC([C@@H](NC(=O)OC(C)(C)C)C(C)(C)C)=N3)ccc1-2)C(C)(C)C. The Morgan fingerprint density at radius 2 is 1.47 bits per heavy atom. The monoisotopic (exact) mass is 606 g/mol. The van der Waals surface area contributed by atoms with Crippen LogP contribution < -0.4 is 5.32 Å². The van der Waals surface area contributed by atoms with Gasteiger partial charge in [0.05, 0.1) is 11.7 Å². The summed E-state index contributed by atoms with van der Waals surface area (Å²) in [5.74, 6) is 1.46. The highest BCUT2D eigenvalue weighted by Gasteiger charge is 2.37. The van der Waals surface area contributed by atoms with E-state index in [1.165, 1.54) is 44.6 Å². The van der Waals surface area contributed by atoms with Gasteiger partial charge in [-0.15, -0.1) is 0 Å². The van der Waals surface area contributed by atoms with Crippen molar-refractivity contribution < 1.29 is 9.53 Å². The number of aromatic nitrogens is 2. The van der Waals surface area contributed by atoms with Crippen LogP contribution in [0.25, 0.3) is 28.0 Å². The number of fused-ring (bicyclic) bond motifs is 5. The third-order valence-electron chi connectivity index (χ3n) is 9.75. The molecule has 6 rings (SSSR count). The maximum Gasteiger partial charge on any atom is 0.408 e. The zero-order chi connectivity index (χ0) is 32.5. The number of hydrogen-bond donors (Lipinski definition) is 2. The maximum absolute atomic E-state index is 12.8. The van der Waals surface area contributed by atoms with Crippen LogP contribution >= 0.6 is 0 Å². The summed E-state index contributed by atoms with van der Waals surface area (Å²) in [4.78, 5) is 26.7. The molecule has 0 saturated carbocycles. The quantitative estimate of drug-likeness (QED) is 0.310. The highest BCUT2D eigenvalue weighted by atomic mass is 16.6. The van der Waals surface area contributed by atoms with Crippen molar-refractivity contribution in [3.05, 3.63) is 70.3 Å². The molecule has 45 heavy (non-hydrogen) atoms. The molecule has 238 valence electrons. The highest BCUT2D eigenvalue weighted by Crippen LogP contribution is 2.43. The summed E-state index contributed by atoms with van der Waals surface area (Å²) in [5.41, 5.74) is 13.1. The number of rotatable bonds is 4. The number of aryl methyl sites for hydroxylation is 3. The van der Waals surface area contributed by atoms with Crippen LogP contribution in [0.2, 0.25) is 0 Å². The first kappa shape index (κ1) is 31.3. The number of alkyl carbamates (subject to hydrolysis) is 1. The second-order valence-electron chi connectivity index (χ2n) is 16.4. The summed E-state index contributed by atoms with van der Waals surface area (Å²) in [6.07, 6.45) is 4.26. The molecule has 0 saturated heterocycles. The number of carbonyl (C=O) groups is 1. The fourth-order valence-electron chi connectivity index (χ4n) is 6.86. The zero-order valence-corrected chi connectivity index (χ0v) is 28.9. The number of carbonyl (C=O) groups excluding carboxylic acids is 1. The predicted molar refractivity (Wildman–Crippen MR) is 185 cm³/mol. The Morgan fingerprint density at radius 3 is 2.09 bits per heavy atom. The summed E-state index contributed by atoms with van der Waals surface area (Å²) >= 11 is 0. The van der Waals surface area contributed by atoms with Crippen LogP contribution in [0.15, 0.2) is 47.1 Å². The van der Waals surface area contributed by atoms with Gasteiger partial charge in [0.15, 0.2) is 0 Å². The zero-order valence-electron chi connectivity index (χ0n) is 28.9. The molecule has 1 aromatic heterocycles. The molecule has 1 aliphatic heterocycles. The Bertz CT molecular complexity index is 1720. The molecule has 0 fully saturated rings. The van der Waals surface area contributed by atoms with Crippen LogP contribution in [0.4, 0.5) is 4.79 Å². The average Bonchev–Trinajstić information content (AvgIpc) is 3.57. The van der Waals surface area contributed by atoms with Crippen LogP contribution in [0.3, 0.4) is 0 Å². The number of allylic oxidation sites excluding steroid dienone is 2. The molecule has 3 aromatic rings. The van der Waals surface area contributed by atoms with Gasteiger partial charge in [-0.25, -0.2) is 9.78 Å². The first-order chi connectivity index (χ1) is 21.0. The second-order valence-corrected chi connectivity index (χ2v) is 16.4. The number of H-pyrrole nitrogens is 1. The normalized spacial score (nSPS) is 17.5. The van der Waals surface area contributed by atoms with Gasteiger partial charge in [0, 0.05) is 35.0 Å². The lowest BCUT2D eigenvalue weighted by Gasteiger charge is -2.32. The molecule has 0 radical (unpaired) electrons. The first-order valence-corrected chi connectivity index (χ1v) is 16.6. The van der Waals surface area contributed by atoms with E-state index < -0.39 is 11.7 Å². The van der Waals surface area contributed by atoms with Crippen LogP contribution in [0.1, 0.15) is 116 Å². The summed E-state index contributed by atoms with van der Waals surface area (Å²) in [6.45, 7) is 21.2. The first-order valence-electron chi connectivity index (χ1n) is 16.6. The Morgan fingerprint density at radius 1 is 0.844 bits per heavy atom. The summed E-state index contributed by atoms with van der Waals surface area (Å²) < 4.78 is 5.60. The molecule has 6 heteroatoms. The molecule has 2 aliphatic carbocycles. The Balaban J connectivity index is 1.22. The lowest BCUT2D eigenvalue weighted by atomic mass is 9.80. The van der Waals surface area contributed by atoms with Crippen molar-refractivity contribution in [1.29, 1.82) is 0 Å². The van der Waals surface area contributed by atoms with E-state index in [-0.39, 0.29) is 16.9 Å². The Kier molecular flexibility index (Phi) is 7.65. The lowest BCUT2D eigenvalue weighted by molar-refractivity contribution is 0.0491. The van der Waals surface area contributed by atoms with Gasteiger partial charge < -0.3 is 15.0 Å². The molecule has 6 nitrogen and oxygen atoms in total. The molecule has 0 bridgehead atoms. The Hall–Kier alpha value is -3.67. The van der Waals surface area contributed by atoms with Crippen molar-refractivity contribution in [2.75, 3.05) is 0 Å². The minimum atomic E-state index is -0.549. The molecule has 0 unspecified atom stereocenters. The van der Waals surface area contributed by atoms with Gasteiger partial charge in [0.1, 0.15) is 11.4 Å². The van der Waals surface area contributed by atoms with Crippen molar-refractivity contribution in [3.8, 4) is 22.4 Å². The van der Waals surface area contributed by atoms with E-state index in [9.17, 15) is 4.79 Å². The van der Waals surface area contributed by atoms with Crippen molar-refractivity contribution in [1.82, 2.24) is 15.3 Å². The third kappa shape index (κ3) is 6.25. The van der Waals surface area contributed by atoms with E-state index >= 15 is 0 Å². The molecule has 2 N–H and O–H groups in total. The Labute approximate surface area is 269 Å². The lowest BCUT2D eigenvalue weighted by Crippen LogP contribution is -2.50. The number of nitrogens with zero attached hydrogens (tertiary/aromatic N) is 2. The van der Waals surface area contributed by atoms with Crippen molar-refractivity contribution in [3.63, 3.8) is 0 Å². The maximum atomic E-state index is 12.8. The van der Waals surface area contributed by atoms with Gasteiger partial charge in [0.2, 0.25) is 0 Å². The van der Waals surface area contributed by atoms with Gasteiger partial charge in [-0.3, -0.25) is 4.99 Å². The largest absolute Gasteiger partial charge is 0.444 e. The molecular weight excluding hydrogens is 556 g/mol. The second kappa shape index (κ2) is 11.0. The number of amides is 1. The number of ether oxygens (including phenoxy) is 1. The standard InChI is InChI=1S/C39H50N4O2/c1-22(37(2,3)4)35-41-31-18-14-26-20-24(12-16-28(26)33(31)42-35)23-11-15-27-25(19-23)13-17-30-29(27)21-32(40-30)34(38(5,6)7)43-36(44)45-39(8,9)10/h11-12,15-16,19-20,22,34H,13-14,17-18,21H2,1-10H3,(H,41,42)(H,43,44)/t22-,34-/m1/s1. The fraction of sp³-hybridized carbons (Fsp3) is 0.513. The van der Waals surface area contributed by atoms with Crippen molar-refractivity contribution in [2.24, 2.45) is 15.8 Å². The minimum absolute atomic E-state index is 0.161. The molecular formula is C39H50N4O2. The topological polar surface area (TPSA) is 79.4 Å². The number of imidazole rings is 1. The van der Waals surface area contributed by atoms with E-state index in [0.29, 0.717) is 5.92 Å². The van der Waals surface area contributed by atoms with Gasteiger partial charge in [-0.2, -0.15) is 0 Å². The molecule has 1 amide bonds. The number of aromatic amines is 1. The highest BCUT2D eigenvalue weighted by molar-refractivity contribution is 6.05. The van der Waals surface area contributed by atoms with Crippen LogP contribution in [0, 0.1) is 10.8 Å². The molecule has 3 aliphatic rings. The van der Waals surface area contributed by atoms with Crippen molar-refractivity contribution >= 4 is 17.4 Å². The predicted octanol–water partition coefficient (Wildman–Crippen LogP) is 9.43. The van der Waals surface area contributed by atoms with E-state index in [0.717, 1.165) is 55.0 Å².